The summed E-state index contributed by atoms with van der Waals surface area (Å²) in [7, 11) is 0. The molecule has 0 spiro atoms. The van der Waals surface area contributed by atoms with Gasteiger partial charge in [0.1, 0.15) is 11.8 Å². The van der Waals surface area contributed by atoms with Crippen molar-refractivity contribution in [3.05, 3.63) is 24.2 Å². The van der Waals surface area contributed by atoms with Crippen molar-refractivity contribution in [3.8, 4) is 0 Å². The molecule has 0 radical (unpaired) electrons. The SMILES string of the molecule is CC(C)CCNC(=O)C[C@H]1NC(=O)N(Cc2ccco2)C1=O. The van der Waals surface area contributed by atoms with Gasteiger partial charge in [-0.2, -0.15) is 0 Å². The van der Waals surface area contributed by atoms with Gasteiger partial charge in [0.15, 0.2) is 0 Å². The molecule has 1 atom stereocenters. The molecule has 0 saturated carbocycles. The molecule has 4 amide bonds. The average Bonchev–Trinajstić information content (AvgIpc) is 3.03. The zero-order valence-electron chi connectivity index (χ0n) is 12.8. The Morgan fingerprint density at radius 3 is 2.86 bits per heavy atom. The van der Waals surface area contributed by atoms with Crippen LogP contribution in [0.4, 0.5) is 4.79 Å². The molecule has 1 fully saturated rings. The van der Waals surface area contributed by atoms with E-state index >= 15 is 0 Å². The van der Waals surface area contributed by atoms with Gasteiger partial charge in [-0.05, 0) is 24.5 Å². The number of furan rings is 1. The molecule has 1 aliphatic rings. The summed E-state index contributed by atoms with van der Waals surface area (Å²) in [4.78, 5) is 36.9. The Kier molecular flexibility index (Phi) is 5.19. The first-order valence-electron chi connectivity index (χ1n) is 7.38. The standard InChI is InChI=1S/C15H21N3O4/c1-10(2)5-6-16-13(19)8-12-14(20)18(15(21)17-12)9-11-4-3-7-22-11/h3-4,7,10,12H,5-6,8-9H2,1-2H3,(H,16,19)(H,17,21)/t12-/m1/s1. The van der Waals surface area contributed by atoms with Crippen molar-refractivity contribution in [2.24, 2.45) is 5.92 Å². The second kappa shape index (κ2) is 7.11. The van der Waals surface area contributed by atoms with E-state index in [2.05, 4.69) is 24.5 Å². The highest BCUT2D eigenvalue weighted by Crippen LogP contribution is 2.14. The first-order chi connectivity index (χ1) is 10.5. The van der Waals surface area contributed by atoms with Crippen LogP contribution < -0.4 is 10.6 Å². The van der Waals surface area contributed by atoms with Crippen molar-refractivity contribution in [2.45, 2.75) is 39.3 Å². The fourth-order valence-electron chi connectivity index (χ4n) is 2.18. The highest BCUT2D eigenvalue weighted by Gasteiger charge is 2.39. The normalized spacial score (nSPS) is 18.0. The summed E-state index contributed by atoms with van der Waals surface area (Å²) in [5, 5.41) is 5.29. The van der Waals surface area contributed by atoms with Crippen LogP contribution in [0.3, 0.4) is 0 Å². The predicted molar refractivity (Wildman–Crippen MR) is 78.7 cm³/mol. The van der Waals surface area contributed by atoms with Crippen LogP contribution in [-0.2, 0) is 16.1 Å². The van der Waals surface area contributed by atoms with Crippen LogP contribution in [-0.4, -0.2) is 35.3 Å². The monoisotopic (exact) mass is 307 g/mol. The van der Waals surface area contributed by atoms with Crippen molar-refractivity contribution in [1.29, 1.82) is 0 Å². The fraction of sp³-hybridized carbons (Fsp3) is 0.533. The topological polar surface area (TPSA) is 91.7 Å². The van der Waals surface area contributed by atoms with Crippen LogP contribution in [0.1, 0.15) is 32.4 Å². The zero-order valence-corrected chi connectivity index (χ0v) is 12.8. The largest absolute Gasteiger partial charge is 0.467 e. The molecule has 0 bridgehead atoms. The fourth-order valence-corrected chi connectivity index (χ4v) is 2.18. The number of hydrogen-bond donors (Lipinski definition) is 2. The molecule has 2 heterocycles. The third-order valence-electron chi connectivity index (χ3n) is 3.43. The Morgan fingerprint density at radius 2 is 2.23 bits per heavy atom. The Hall–Kier alpha value is -2.31. The number of carbonyl (C=O) groups excluding carboxylic acids is 3. The number of carbonyl (C=O) groups is 3. The molecule has 2 rings (SSSR count). The average molecular weight is 307 g/mol. The number of nitrogens with one attached hydrogen (secondary N) is 2. The van der Waals surface area contributed by atoms with Gasteiger partial charge >= 0.3 is 6.03 Å². The molecule has 7 heteroatoms. The van der Waals surface area contributed by atoms with Gasteiger partial charge in [-0.3, -0.25) is 14.5 Å². The van der Waals surface area contributed by atoms with E-state index in [0.29, 0.717) is 18.2 Å². The van der Waals surface area contributed by atoms with Crippen molar-refractivity contribution < 1.29 is 18.8 Å². The minimum atomic E-state index is -0.804. The van der Waals surface area contributed by atoms with Crippen molar-refractivity contribution >= 4 is 17.8 Å². The van der Waals surface area contributed by atoms with Crippen LogP contribution in [0.15, 0.2) is 22.8 Å². The minimum absolute atomic E-state index is 0.0443. The molecule has 1 aromatic rings. The van der Waals surface area contributed by atoms with Gasteiger partial charge in [0.2, 0.25) is 5.91 Å². The van der Waals surface area contributed by atoms with E-state index in [-0.39, 0.29) is 18.9 Å². The molecular weight excluding hydrogens is 286 g/mol. The van der Waals surface area contributed by atoms with E-state index in [1.165, 1.54) is 6.26 Å². The second-order valence-corrected chi connectivity index (χ2v) is 5.74. The summed E-state index contributed by atoms with van der Waals surface area (Å²) < 4.78 is 5.13. The molecule has 0 aliphatic carbocycles. The molecule has 1 saturated heterocycles. The van der Waals surface area contributed by atoms with E-state index in [1.807, 2.05) is 0 Å². The van der Waals surface area contributed by atoms with E-state index in [9.17, 15) is 14.4 Å². The van der Waals surface area contributed by atoms with E-state index in [0.717, 1.165) is 11.3 Å². The van der Waals surface area contributed by atoms with Gasteiger partial charge in [-0.1, -0.05) is 13.8 Å². The molecule has 7 nitrogen and oxygen atoms in total. The van der Waals surface area contributed by atoms with Gasteiger partial charge in [0, 0.05) is 6.54 Å². The number of nitrogens with zero attached hydrogens (tertiary/aromatic N) is 1. The number of urea groups is 1. The van der Waals surface area contributed by atoms with Crippen LogP contribution in [0, 0.1) is 5.92 Å². The Bertz CT molecular complexity index is 539. The Labute approximate surface area is 129 Å². The summed E-state index contributed by atoms with van der Waals surface area (Å²) in [5.74, 6) is 0.377. The van der Waals surface area contributed by atoms with Crippen molar-refractivity contribution in [3.63, 3.8) is 0 Å². The van der Waals surface area contributed by atoms with Crippen molar-refractivity contribution in [2.75, 3.05) is 6.54 Å². The maximum Gasteiger partial charge on any atom is 0.325 e. The molecule has 1 aromatic heterocycles. The first-order valence-corrected chi connectivity index (χ1v) is 7.38. The highest BCUT2D eigenvalue weighted by molar-refractivity contribution is 6.05. The summed E-state index contributed by atoms with van der Waals surface area (Å²) in [6.07, 6.45) is 2.31. The molecule has 1 aliphatic heterocycles. The zero-order chi connectivity index (χ0) is 16.1. The molecule has 0 aromatic carbocycles. The molecular formula is C15H21N3O4. The van der Waals surface area contributed by atoms with E-state index in [4.69, 9.17) is 4.42 Å². The third-order valence-corrected chi connectivity index (χ3v) is 3.43. The van der Waals surface area contributed by atoms with Crippen LogP contribution >= 0.6 is 0 Å². The van der Waals surface area contributed by atoms with Gasteiger partial charge in [-0.25, -0.2) is 4.79 Å². The number of amides is 4. The summed E-state index contributed by atoms with van der Waals surface area (Å²) in [6.45, 7) is 4.78. The summed E-state index contributed by atoms with van der Waals surface area (Å²) in [5.41, 5.74) is 0. The third kappa shape index (κ3) is 4.09. The molecule has 2 N–H and O–H groups in total. The molecule has 22 heavy (non-hydrogen) atoms. The van der Waals surface area contributed by atoms with Gasteiger partial charge in [-0.15, -0.1) is 0 Å². The summed E-state index contributed by atoms with van der Waals surface area (Å²) in [6, 6.07) is 2.07. The smallest absolute Gasteiger partial charge is 0.325 e. The number of rotatable bonds is 7. The Balaban J connectivity index is 1.84. The molecule has 120 valence electrons. The van der Waals surface area contributed by atoms with Gasteiger partial charge < -0.3 is 15.1 Å². The van der Waals surface area contributed by atoms with E-state index < -0.39 is 18.0 Å². The summed E-state index contributed by atoms with van der Waals surface area (Å²) >= 11 is 0. The lowest BCUT2D eigenvalue weighted by Crippen LogP contribution is -2.37. The number of hydrogen-bond acceptors (Lipinski definition) is 4. The highest BCUT2D eigenvalue weighted by atomic mass is 16.3. The predicted octanol–water partition coefficient (Wildman–Crippen LogP) is 1.25. The van der Waals surface area contributed by atoms with Crippen LogP contribution in [0.25, 0.3) is 0 Å². The van der Waals surface area contributed by atoms with Crippen molar-refractivity contribution in [1.82, 2.24) is 15.5 Å². The maximum absolute atomic E-state index is 12.2. The molecule has 0 unspecified atom stereocenters. The van der Waals surface area contributed by atoms with Gasteiger partial charge in [0.25, 0.3) is 5.91 Å². The quantitative estimate of drug-likeness (QED) is 0.742. The first kappa shape index (κ1) is 16.1. The lowest BCUT2D eigenvalue weighted by Gasteiger charge is -2.11. The maximum atomic E-state index is 12.2. The lowest BCUT2D eigenvalue weighted by molar-refractivity contribution is -0.131. The minimum Gasteiger partial charge on any atom is -0.467 e. The Morgan fingerprint density at radius 1 is 1.45 bits per heavy atom. The van der Waals surface area contributed by atoms with Crippen LogP contribution in [0.5, 0.6) is 0 Å². The second-order valence-electron chi connectivity index (χ2n) is 5.74. The van der Waals surface area contributed by atoms with Crippen LogP contribution in [0.2, 0.25) is 0 Å². The van der Waals surface area contributed by atoms with Gasteiger partial charge in [0.05, 0.1) is 19.2 Å². The lowest BCUT2D eigenvalue weighted by atomic mass is 10.1. The van der Waals surface area contributed by atoms with E-state index in [1.54, 1.807) is 12.1 Å². The number of imide groups is 1.